The Morgan fingerprint density at radius 3 is 2.23 bits per heavy atom. The van der Waals surface area contributed by atoms with E-state index in [1.165, 1.54) is 78.7 Å². The highest BCUT2D eigenvalue weighted by Crippen LogP contribution is 2.29. The predicted octanol–water partition coefficient (Wildman–Crippen LogP) is 5.98. The normalized spacial score (nSPS) is 20.2. The number of hydrogen-bond donors (Lipinski definition) is 0. The van der Waals surface area contributed by atoms with Crippen molar-refractivity contribution in [3.63, 3.8) is 0 Å². The van der Waals surface area contributed by atoms with E-state index in [0.717, 1.165) is 19.1 Å². The number of unbranched alkanes of at least 4 members (excludes halogenated alkanes) is 1. The summed E-state index contributed by atoms with van der Waals surface area (Å²) in [5, 5.41) is 0. The molecule has 0 radical (unpaired) electrons. The minimum Gasteiger partial charge on any atom is -0.369 e. The lowest BCUT2D eigenvalue weighted by atomic mass is 9.98. The summed E-state index contributed by atoms with van der Waals surface area (Å²) in [5.74, 6) is 0. The van der Waals surface area contributed by atoms with E-state index in [9.17, 15) is 0 Å². The molecule has 0 amide bonds. The Morgan fingerprint density at radius 1 is 0.903 bits per heavy atom. The molecule has 0 bridgehead atoms. The fraction of sp³-hybridized carbons (Fsp3) is 0.556. The lowest BCUT2D eigenvalue weighted by Crippen LogP contribution is -2.53. The Hall–Kier alpha value is -1.11. The van der Waals surface area contributed by atoms with Crippen molar-refractivity contribution >= 4 is 28.3 Å². The molecule has 168 valence electrons. The predicted molar refractivity (Wildman–Crippen MR) is 141 cm³/mol. The molecule has 4 heteroatoms. The van der Waals surface area contributed by atoms with Gasteiger partial charge in [-0.3, -0.25) is 9.80 Å². The summed E-state index contributed by atoms with van der Waals surface area (Å²) < 4.78 is 1.39. The van der Waals surface area contributed by atoms with Gasteiger partial charge in [-0.1, -0.05) is 43.7 Å². The molecular weight excluding hydrogens is 493 g/mol. The van der Waals surface area contributed by atoms with Crippen molar-refractivity contribution in [1.82, 2.24) is 9.80 Å². The van der Waals surface area contributed by atoms with E-state index in [1.807, 2.05) is 0 Å². The van der Waals surface area contributed by atoms with Crippen LogP contribution < -0.4 is 4.90 Å². The number of aryl methyl sites for hydroxylation is 1. The monoisotopic (exact) mass is 531 g/mol. The van der Waals surface area contributed by atoms with Crippen LogP contribution in [0.25, 0.3) is 0 Å². The molecule has 2 saturated heterocycles. The average molecular weight is 532 g/mol. The summed E-state index contributed by atoms with van der Waals surface area (Å²) >= 11 is 2.49. The maximum Gasteiger partial charge on any atom is 0.0367 e. The van der Waals surface area contributed by atoms with Crippen LogP contribution in [0.2, 0.25) is 0 Å². The van der Waals surface area contributed by atoms with Gasteiger partial charge in [-0.2, -0.15) is 0 Å². The Labute approximate surface area is 202 Å². The molecule has 1 atom stereocenters. The SMILES string of the molecule is CCCCc1ccc(N2CCN(C3CCN(C(C)c4ccccc4I)CC3)CC2)cc1. The number of rotatable bonds is 7. The second kappa shape index (κ2) is 11.2. The summed E-state index contributed by atoms with van der Waals surface area (Å²) in [6.45, 7) is 11.8. The lowest BCUT2D eigenvalue weighted by Gasteiger charge is -2.44. The Bertz CT molecular complexity index is 805. The third kappa shape index (κ3) is 5.82. The summed E-state index contributed by atoms with van der Waals surface area (Å²) in [5.41, 5.74) is 4.37. The molecule has 31 heavy (non-hydrogen) atoms. The van der Waals surface area contributed by atoms with Gasteiger partial charge < -0.3 is 4.90 Å². The van der Waals surface area contributed by atoms with E-state index in [-0.39, 0.29) is 0 Å². The third-order valence-electron chi connectivity index (χ3n) is 7.35. The number of hydrogen-bond acceptors (Lipinski definition) is 3. The van der Waals surface area contributed by atoms with Gasteiger partial charge in [0, 0.05) is 60.6 Å². The molecule has 2 aliphatic rings. The van der Waals surface area contributed by atoms with Crippen LogP contribution in [0, 0.1) is 3.57 Å². The molecule has 0 spiro atoms. The van der Waals surface area contributed by atoms with Crippen molar-refractivity contribution in [2.75, 3.05) is 44.2 Å². The van der Waals surface area contributed by atoms with Crippen LogP contribution in [0.4, 0.5) is 5.69 Å². The van der Waals surface area contributed by atoms with Crippen molar-refractivity contribution in [3.8, 4) is 0 Å². The molecule has 2 heterocycles. The van der Waals surface area contributed by atoms with Gasteiger partial charge in [-0.15, -0.1) is 0 Å². The van der Waals surface area contributed by atoms with Crippen molar-refractivity contribution in [3.05, 3.63) is 63.2 Å². The molecule has 0 N–H and O–H groups in total. The van der Waals surface area contributed by atoms with Crippen molar-refractivity contribution in [1.29, 1.82) is 0 Å². The zero-order valence-corrected chi connectivity index (χ0v) is 21.4. The average Bonchev–Trinajstić information content (AvgIpc) is 2.83. The van der Waals surface area contributed by atoms with Gasteiger partial charge in [0.15, 0.2) is 0 Å². The van der Waals surface area contributed by atoms with E-state index in [0.29, 0.717) is 6.04 Å². The van der Waals surface area contributed by atoms with Crippen LogP contribution in [-0.4, -0.2) is 55.1 Å². The second-order valence-electron chi connectivity index (χ2n) is 9.26. The Morgan fingerprint density at radius 2 is 1.58 bits per heavy atom. The van der Waals surface area contributed by atoms with Gasteiger partial charge in [-0.25, -0.2) is 0 Å². The zero-order chi connectivity index (χ0) is 21.6. The summed E-state index contributed by atoms with van der Waals surface area (Å²) in [6.07, 6.45) is 6.39. The smallest absolute Gasteiger partial charge is 0.0367 e. The minimum atomic E-state index is 0.520. The first-order valence-electron chi connectivity index (χ1n) is 12.2. The number of nitrogens with zero attached hydrogens (tertiary/aromatic N) is 3. The first kappa shape index (κ1) is 23.1. The maximum atomic E-state index is 2.76. The number of piperazine rings is 1. The molecule has 2 aromatic carbocycles. The fourth-order valence-corrected chi connectivity index (χ4v) is 6.09. The van der Waals surface area contributed by atoms with E-state index in [2.05, 4.69) is 99.7 Å². The van der Waals surface area contributed by atoms with E-state index >= 15 is 0 Å². The first-order chi connectivity index (χ1) is 15.2. The number of anilines is 1. The molecule has 0 aromatic heterocycles. The summed E-state index contributed by atoms with van der Waals surface area (Å²) in [4.78, 5) is 8.03. The summed E-state index contributed by atoms with van der Waals surface area (Å²) in [7, 11) is 0. The Balaban J connectivity index is 1.24. The number of likely N-dealkylation sites (tertiary alicyclic amines) is 1. The fourth-order valence-electron chi connectivity index (χ4n) is 5.25. The van der Waals surface area contributed by atoms with Crippen LogP contribution in [0.3, 0.4) is 0 Å². The highest BCUT2D eigenvalue weighted by atomic mass is 127. The highest BCUT2D eigenvalue weighted by molar-refractivity contribution is 14.1. The number of benzene rings is 2. The van der Waals surface area contributed by atoms with Crippen LogP contribution in [0.5, 0.6) is 0 Å². The van der Waals surface area contributed by atoms with Crippen molar-refractivity contribution in [2.45, 2.75) is 58.0 Å². The van der Waals surface area contributed by atoms with Gasteiger partial charge in [-0.05, 0) is 84.5 Å². The minimum absolute atomic E-state index is 0.520. The van der Waals surface area contributed by atoms with Gasteiger partial charge in [0.25, 0.3) is 0 Å². The topological polar surface area (TPSA) is 9.72 Å². The molecule has 2 fully saturated rings. The molecule has 2 aromatic rings. The molecule has 4 rings (SSSR count). The lowest BCUT2D eigenvalue weighted by molar-refractivity contribution is 0.0838. The Kier molecular flexibility index (Phi) is 8.30. The molecule has 1 unspecified atom stereocenters. The van der Waals surface area contributed by atoms with E-state index < -0.39 is 0 Å². The van der Waals surface area contributed by atoms with Gasteiger partial charge in [0.05, 0.1) is 0 Å². The molecular formula is C27H38IN3. The third-order valence-corrected chi connectivity index (χ3v) is 8.34. The molecule has 3 nitrogen and oxygen atoms in total. The first-order valence-corrected chi connectivity index (χ1v) is 13.3. The highest BCUT2D eigenvalue weighted by Gasteiger charge is 2.29. The summed E-state index contributed by atoms with van der Waals surface area (Å²) in [6, 6.07) is 19.5. The van der Waals surface area contributed by atoms with Crippen molar-refractivity contribution < 1.29 is 0 Å². The van der Waals surface area contributed by atoms with Gasteiger partial charge in [0.2, 0.25) is 0 Å². The zero-order valence-electron chi connectivity index (χ0n) is 19.3. The second-order valence-corrected chi connectivity index (χ2v) is 10.4. The largest absolute Gasteiger partial charge is 0.369 e. The quantitative estimate of drug-likeness (QED) is 0.407. The van der Waals surface area contributed by atoms with E-state index in [4.69, 9.17) is 0 Å². The molecule has 0 aliphatic carbocycles. The van der Waals surface area contributed by atoms with E-state index in [1.54, 1.807) is 0 Å². The van der Waals surface area contributed by atoms with Gasteiger partial charge in [0.1, 0.15) is 0 Å². The van der Waals surface area contributed by atoms with Crippen molar-refractivity contribution in [2.24, 2.45) is 0 Å². The van der Waals surface area contributed by atoms with Crippen LogP contribution in [-0.2, 0) is 6.42 Å². The van der Waals surface area contributed by atoms with Crippen LogP contribution in [0.15, 0.2) is 48.5 Å². The standard InChI is InChI=1S/C27H38IN3/c1-3-4-7-23-10-12-24(13-11-23)30-18-20-31(21-19-30)25-14-16-29(17-15-25)22(2)26-8-5-6-9-27(26)28/h5-6,8-13,22,25H,3-4,7,14-21H2,1-2H3. The van der Waals surface area contributed by atoms with Crippen LogP contribution in [0.1, 0.15) is 56.7 Å². The van der Waals surface area contributed by atoms with Gasteiger partial charge >= 0.3 is 0 Å². The number of piperidine rings is 1. The molecule has 0 saturated carbocycles. The van der Waals surface area contributed by atoms with Crippen LogP contribution >= 0.6 is 22.6 Å². The number of halogens is 1. The maximum absolute atomic E-state index is 2.76. The molecule has 2 aliphatic heterocycles.